The molecule has 19 heavy (non-hydrogen) atoms. The van der Waals surface area contributed by atoms with Crippen molar-refractivity contribution in [1.82, 2.24) is 5.32 Å². The summed E-state index contributed by atoms with van der Waals surface area (Å²) in [5.74, 6) is -0.113. The minimum absolute atomic E-state index is 0.113. The Hall–Kier alpha value is -0.870. The molecule has 0 spiro atoms. The molecule has 0 heterocycles. The highest BCUT2D eigenvalue weighted by atomic mass is 79.9. The molecule has 1 aromatic rings. The van der Waals surface area contributed by atoms with Crippen LogP contribution in [0, 0.1) is 6.92 Å². The van der Waals surface area contributed by atoms with Crippen LogP contribution >= 0.6 is 15.9 Å². The number of amides is 1. The lowest BCUT2D eigenvalue weighted by Gasteiger charge is -2.22. The number of hydrogen-bond donors (Lipinski definition) is 2. The first-order valence-corrected chi connectivity index (χ1v) is 7.62. The van der Waals surface area contributed by atoms with E-state index in [0.717, 1.165) is 42.1 Å². The van der Waals surface area contributed by atoms with E-state index < -0.39 is 6.10 Å². The van der Waals surface area contributed by atoms with Gasteiger partial charge < -0.3 is 10.4 Å². The number of aliphatic hydroxyl groups is 1. The average Bonchev–Trinajstić information content (AvgIpc) is 2.55. The van der Waals surface area contributed by atoms with Crippen LogP contribution in [-0.2, 0) is 0 Å². The van der Waals surface area contributed by atoms with E-state index in [1.165, 1.54) is 0 Å². The highest BCUT2D eigenvalue weighted by molar-refractivity contribution is 9.10. The van der Waals surface area contributed by atoms with Gasteiger partial charge in [0.2, 0.25) is 0 Å². The van der Waals surface area contributed by atoms with Gasteiger partial charge in [0.1, 0.15) is 0 Å². The van der Waals surface area contributed by atoms with E-state index in [1.807, 2.05) is 25.1 Å². The largest absolute Gasteiger partial charge is 0.391 e. The predicted octanol–water partition coefficient (Wildman–Crippen LogP) is 3.18. The molecule has 1 saturated carbocycles. The quantitative estimate of drug-likeness (QED) is 0.820. The summed E-state index contributed by atoms with van der Waals surface area (Å²) in [5.41, 5.74) is 1.74. The number of carbonyl (C=O) groups excluding carboxylic acids is 1. The Morgan fingerprint density at radius 3 is 2.79 bits per heavy atom. The number of nitrogens with one attached hydrogen (secondary N) is 1. The van der Waals surface area contributed by atoms with Gasteiger partial charge in [0, 0.05) is 4.47 Å². The van der Waals surface area contributed by atoms with Gasteiger partial charge in [-0.15, -0.1) is 0 Å². The molecule has 0 aliphatic heterocycles. The average molecular weight is 326 g/mol. The maximum Gasteiger partial charge on any atom is 0.252 e. The Bertz CT molecular complexity index is 461. The third kappa shape index (κ3) is 3.80. The van der Waals surface area contributed by atoms with Crippen molar-refractivity contribution in [3.63, 3.8) is 0 Å². The van der Waals surface area contributed by atoms with Crippen LogP contribution in [0.1, 0.15) is 48.0 Å². The molecule has 2 unspecified atom stereocenters. The van der Waals surface area contributed by atoms with Gasteiger partial charge in [-0.25, -0.2) is 0 Å². The van der Waals surface area contributed by atoms with Crippen LogP contribution in [-0.4, -0.2) is 23.2 Å². The van der Waals surface area contributed by atoms with E-state index in [0.29, 0.717) is 5.56 Å². The molecular weight excluding hydrogens is 306 g/mol. The summed E-state index contributed by atoms with van der Waals surface area (Å²) in [6.45, 7) is 1.99. The van der Waals surface area contributed by atoms with Gasteiger partial charge in [-0.3, -0.25) is 4.79 Å². The minimum Gasteiger partial charge on any atom is -0.391 e. The zero-order valence-electron chi connectivity index (χ0n) is 11.2. The van der Waals surface area contributed by atoms with Crippen molar-refractivity contribution in [2.45, 2.75) is 51.2 Å². The fraction of sp³-hybridized carbons (Fsp3) is 0.533. The molecule has 4 heteroatoms. The first kappa shape index (κ1) is 14.5. The molecule has 0 radical (unpaired) electrons. The van der Waals surface area contributed by atoms with E-state index in [9.17, 15) is 9.90 Å². The summed E-state index contributed by atoms with van der Waals surface area (Å²) in [7, 11) is 0. The number of aliphatic hydroxyl groups excluding tert-OH is 1. The molecule has 2 atom stereocenters. The van der Waals surface area contributed by atoms with E-state index in [2.05, 4.69) is 21.2 Å². The van der Waals surface area contributed by atoms with Gasteiger partial charge in [0.25, 0.3) is 5.91 Å². The van der Waals surface area contributed by atoms with Crippen LogP contribution in [0.4, 0.5) is 0 Å². The van der Waals surface area contributed by atoms with Crippen molar-refractivity contribution in [2.75, 3.05) is 0 Å². The molecule has 2 N–H and O–H groups in total. The third-order valence-electron chi connectivity index (χ3n) is 3.67. The first-order valence-electron chi connectivity index (χ1n) is 6.83. The first-order chi connectivity index (χ1) is 9.08. The van der Waals surface area contributed by atoms with Crippen LogP contribution in [0.3, 0.4) is 0 Å². The second kappa shape index (κ2) is 6.53. The lowest BCUT2D eigenvalue weighted by atomic mass is 10.1. The number of rotatable bonds is 2. The van der Waals surface area contributed by atoms with Gasteiger partial charge in [-0.2, -0.15) is 0 Å². The second-order valence-corrected chi connectivity index (χ2v) is 6.12. The highest BCUT2D eigenvalue weighted by Gasteiger charge is 2.24. The van der Waals surface area contributed by atoms with E-state index >= 15 is 0 Å². The molecule has 2 rings (SSSR count). The van der Waals surface area contributed by atoms with E-state index in [1.54, 1.807) is 0 Å². The summed E-state index contributed by atoms with van der Waals surface area (Å²) in [5, 5.41) is 13.0. The SMILES string of the molecule is Cc1ccc(C(=O)NC2CCCCCC2O)c(Br)c1. The Kier molecular flexibility index (Phi) is 4.99. The number of hydrogen-bond acceptors (Lipinski definition) is 2. The monoisotopic (exact) mass is 325 g/mol. The normalized spacial score (nSPS) is 23.7. The van der Waals surface area contributed by atoms with Gasteiger partial charge in [-0.1, -0.05) is 25.3 Å². The fourth-order valence-electron chi connectivity index (χ4n) is 2.51. The Labute approximate surface area is 122 Å². The molecule has 1 amide bonds. The van der Waals surface area contributed by atoms with Gasteiger partial charge in [-0.05, 0) is 53.4 Å². The molecule has 1 fully saturated rings. The molecule has 0 saturated heterocycles. The molecule has 1 aromatic carbocycles. The number of aryl methyl sites for hydroxylation is 1. The topological polar surface area (TPSA) is 49.3 Å². The van der Waals surface area contributed by atoms with Gasteiger partial charge in [0.15, 0.2) is 0 Å². The molecule has 0 aromatic heterocycles. The highest BCUT2D eigenvalue weighted by Crippen LogP contribution is 2.21. The van der Waals surface area contributed by atoms with Crippen LogP contribution in [0.5, 0.6) is 0 Å². The number of carbonyl (C=O) groups is 1. The van der Waals surface area contributed by atoms with E-state index in [-0.39, 0.29) is 11.9 Å². The third-order valence-corrected chi connectivity index (χ3v) is 4.32. The summed E-state index contributed by atoms with van der Waals surface area (Å²) < 4.78 is 0.799. The molecule has 1 aliphatic carbocycles. The predicted molar refractivity (Wildman–Crippen MR) is 79.2 cm³/mol. The Morgan fingerprint density at radius 2 is 2.05 bits per heavy atom. The second-order valence-electron chi connectivity index (χ2n) is 5.27. The Morgan fingerprint density at radius 1 is 1.32 bits per heavy atom. The summed E-state index contributed by atoms with van der Waals surface area (Å²) >= 11 is 3.42. The summed E-state index contributed by atoms with van der Waals surface area (Å²) in [6, 6.07) is 5.54. The van der Waals surface area contributed by atoms with Crippen LogP contribution in [0.2, 0.25) is 0 Å². The van der Waals surface area contributed by atoms with Crippen molar-refractivity contribution in [1.29, 1.82) is 0 Å². The molecular formula is C15H20BrNO2. The van der Waals surface area contributed by atoms with Crippen molar-refractivity contribution >= 4 is 21.8 Å². The molecule has 3 nitrogen and oxygen atoms in total. The van der Waals surface area contributed by atoms with E-state index in [4.69, 9.17) is 0 Å². The number of benzene rings is 1. The summed E-state index contributed by atoms with van der Waals surface area (Å²) in [4.78, 5) is 12.3. The molecule has 1 aliphatic rings. The van der Waals surface area contributed by atoms with Gasteiger partial charge in [0.05, 0.1) is 17.7 Å². The minimum atomic E-state index is -0.421. The van der Waals surface area contributed by atoms with Crippen molar-refractivity contribution in [3.05, 3.63) is 33.8 Å². The fourth-order valence-corrected chi connectivity index (χ4v) is 3.18. The van der Waals surface area contributed by atoms with Crippen molar-refractivity contribution in [2.24, 2.45) is 0 Å². The Balaban J connectivity index is 2.07. The summed E-state index contributed by atoms with van der Waals surface area (Å²) in [6.07, 6.45) is 4.46. The zero-order valence-corrected chi connectivity index (χ0v) is 12.7. The standard InChI is InChI=1S/C15H20BrNO2/c1-10-7-8-11(12(16)9-10)15(19)17-13-5-3-2-4-6-14(13)18/h7-9,13-14,18H,2-6H2,1H3,(H,17,19). The van der Waals surface area contributed by atoms with Crippen LogP contribution in [0.15, 0.2) is 22.7 Å². The molecule has 104 valence electrons. The van der Waals surface area contributed by atoms with Crippen molar-refractivity contribution < 1.29 is 9.90 Å². The van der Waals surface area contributed by atoms with Gasteiger partial charge >= 0.3 is 0 Å². The number of halogens is 1. The van der Waals surface area contributed by atoms with Crippen LogP contribution in [0.25, 0.3) is 0 Å². The van der Waals surface area contributed by atoms with Crippen molar-refractivity contribution in [3.8, 4) is 0 Å². The smallest absolute Gasteiger partial charge is 0.252 e. The molecule has 0 bridgehead atoms. The zero-order chi connectivity index (χ0) is 13.8. The lowest BCUT2D eigenvalue weighted by molar-refractivity contribution is 0.0818. The maximum absolute atomic E-state index is 12.3. The lowest BCUT2D eigenvalue weighted by Crippen LogP contribution is -2.42. The maximum atomic E-state index is 12.3. The van der Waals surface area contributed by atoms with Crippen LogP contribution < -0.4 is 5.32 Å².